The molecule has 0 spiro atoms. The average molecular weight is 280 g/mol. The first-order valence-electron chi connectivity index (χ1n) is 6.18. The minimum atomic E-state index is 0.617. The largest absolute Gasteiger partial charge is 0.382 e. The van der Waals surface area contributed by atoms with E-state index in [0.717, 1.165) is 29.4 Å². The van der Waals surface area contributed by atoms with Crippen LogP contribution in [0.4, 0.5) is 10.8 Å². The summed E-state index contributed by atoms with van der Waals surface area (Å²) >= 11 is 3.16. The highest BCUT2D eigenvalue weighted by atomic mass is 32.1. The topological polar surface area (TPSA) is 55.0 Å². The monoisotopic (exact) mass is 280 g/mol. The summed E-state index contributed by atoms with van der Waals surface area (Å²) in [5.41, 5.74) is 8.04. The Bertz CT molecular complexity index is 540. The van der Waals surface area contributed by atoms with Crippen LogP contribution in [0.15, 0.2) is 5.38 Å². The fraction of sp³-hybridized carbons (Fsp3) is 0.500. The second-order valence-corrected chi connectivity index (χ2v) is 6.36. The van der Waals surface area contributed by atoms with Crippen molar-refractivity contribution < 1.29 is 0 Å². The molecular weight excluding hydrogens is 264 g/mol. The van der Waals surface area contributed by atoms with Crippen LogP contribution in [-0.2, 0) is 0 Å². The molecule has 3 heterocycles. The van der Waals surface area contributed by atoms with Crippen molar-refractivity contribution in [2.75, 3.05) is 23.7 Å². The molecule has 3 rings (SSSR count). The number of aryl methyl sites for hydroxylation is 1. The SMILES string of the molecule is Cc1nc(-c2c(N)nsc2N2CCCCC2)cs1. The zero-order chi connectivity index (χ0) is 12.5. The molecule has 1 aliphatic heterocycles. The maximum absolute atomic E-state index is 6.03. The Hall–Kier alpha value is -1.14. The Morgan fingerprint density at radius 1 is 1.28 bits per heavy atom. The Kier molecular flexibility index (Phi) is 3.22. The summed E-state index contributed by atoms with van der Waals surface area (Å²) < 4.78 is 4.32. The molecule has 1 saturated heterocycles. The predicted octanol–water partition coefficient (Wildman–Crippen LogP) is 3.15. The van der Waals surface area contributed by atoms with Crippen molar-refractivity contribution >= 4 is 33.7 Å². The van der Waals surface area contributed by atoms with Gasteiger partial charge in [-0.3, -0.25) is 0 Å². The van der Waals surface area contributed by atoms with Gasteiger partial charge in [-0.2, -0.15) is 4.37 Å². The van der Waals surface area contributed by atoms with Gasteiger partial charge in [-0.1, -0.05) is 0 Å². The molecule has 96 valence electrons. The van der Waals surface area contributed by atoms with Crippen LogP contribution in [0, 0.1) is 6.92 Å². The highest BCUT2D eigenvalue weighted by Crippen LogP contribution is 2.40. The van der Waals surface area contributed by atoms with Crippen LogP contribution in [0.3, 0.4) is 0 Å². The van der Waals surface area contributed by atoms with Gasteiger partial charge in [0.1, 0.15) is 10.8 Å². The molecule has 0 aliphatic carbocycles. The first-order valence-corrected chi connectivity index (χ1v) is 7.83. The van der Waals surface area contributed by atoms with E-state index >= 15 is 0 Å². The number of aromatic nitrogens is 2. The average Bonchev–Trinajstić information content (AvgIpc) is 2.96. The van der Waals surface area contributed by atoms with Crippen molar-refractivity contribution in [1.82, 2.24) is 9.36 Å². The van der Waals surface area contributed by atoms with E-state index in [1.807, 2.05) is 6.92 Å². The summed E-state index contributed by atoms with van der Waals surface area (Å²) in [6.45, 7) is 4.24. The normalized spacial score (nSPS) is 16.2. The zero-order valence-electron chi connectivity index (χ0n) is 10.3. The smallest absolute Gasteiger partial charge is 0.148 e. The first kappa shape index (κ1) is 11.9. The number of thiazole rings is 1. The van der Waals surface area contributed by atoms with Crippen LogP contribution in [0.25, 0.3) is 11.3 Å². The van der Waals surface area contributed by atoms with Gasteiger partial charge in [0, 0.05) is 18.5 Å². The van der Waals surface area contributed by atoms with Crippen LogP contribution < -0.4 is 10.6 Å². The fourth-order valence-electron chi connectivity index (χ4n) is 2.33. The second-order valence-electron chi connectivity index (χ2n) is 4.55. The lowest BCUT2D eigenvalue weighted by atomic mass is 10.1. The summed E-state index contributed by atoms with van der Waals surface area (Å²) in [5.74, 6) is 0.617. The highest BCUT2D eigenvalue weighted by Gasteiger charge is 2.22. The van der Waals surface area contributed by atoms with Gasteiger partial charge in [0.15, 0.2) is 0 Å². The summed E-state index contributed by atoms with van der Waals surface area (Å²) in [4.78, 5) is 6.95. The molecule has 0 amide bonds. The maximum atomic E-state index is 6.03. The zero-order valence-corrected chi connectivity index (χ0v) is 12.0. The molecule has 1 aliphatic rings. The van der Waals surface area contributed by atoms with Crippen LogP contribution in [0.5, 0.6) is 0 Å². The molecule has 1 fully saturated rings. The minimum Gasteiger partial charge on any atom is -0.382 e. The van der Waals surface area contributed by atoms with Crippen LogP contribution in [0.2, 0.25) is 0 Å². The Labute approximate surface area is 115 Å². The Morgan fingerprint density at radius 2 is 2.06 bits per heavy atom. The van der Waals surface area contributed by atoms with Crippen LogP contribution in [-0.4, -0.2) is 22.4 Å². The Morgan fingerprint density at radius 3 is 2.72 bits per heavy atom. The number of hydrogen-bond acceptors (Lipinski definition) is 6. The molecule has 2 aromatic rings. The lowest BCUT2D eigenvalue weighted by Crippen LogP contribution is -2.29. The second kappa shape index (κ2) is 4.85. The molecule has 4 nitrogen and oxygen atoms in total. The molecule has 0 radical (unpaired) electrons. The summed E-state index contributed by atoms with van der Waals surface area (Å²) in [7, 11) is 0. The summed E-state index contributed by atoms with van der Waals surface area (Å²) in [6, 6.07) is 0. The van der Waals surface area contributed by atoms with E-state index in [4.69, 9.17) is 5.73 Å². The maximum Gasteiger partial charge on any atom is 0.148 e. The first-order chi connectivity index (χ1) is 8.75. The molecule has 2 aromatic heterocycles. The summed E-state index contributed by atoms with van der Waals surface area (Å²) in [6.07, 6.45) is 3.84. The van der Waals surface area contributed by atoms with Crippen molar-refractivity contribution in [2.45, 2.75) is 26.2 Å². The van der Waals surface area contributed by atoms with Gasteiger partial charge in [-0.25, -0.2) is 4.98 Å². The number of nitrogens with zero attached hydrogens (tertiary/aromatic N) is 3. The third-order valence-electron chi connectivity index (χ3n) is 3.22. The molecular formula is C12H16N4S2. The molecule has 0 saturated carbocycles. The van der Waals surface area contributed by atoms with Crippen LogP contribution in [0.1, 0.15) is 24.3 Å². The highest BCUT2D eigenvalue weighted by molar-refractivity contribution is 7.11. The van der Waals surface area contributed by atoms with Gasteiger partial charge >= 0.3 is 0 Å². The molecule has 6 heteroatoms. The molecule has 0 atom stereocenters. The Balaban J connectivity index is 2.00. The minimum absolute atomic E-state index is 0.617. The number of hydrogen-bond donors (Lipinski definition) is 1. The van der Waals surface area contributed by atoms with Crippen molar-refractivity contribution in [1.29, 1.82) is 0 Å². The number of rotatable bonds is 2. The van der Waals surface area contributed by atoms with E-state index in [0.29, 0.717) is 5.82 Å². The van der Waals surface area contributed by atoms with E-state index in [1.165, 1.54) is 35.8 Å². The number of piperidine rings is 1. The van der Waals surface area contributed by atoms with E-state index < -0.39 is 0 Å². The number of anilines is 2. The molecule has 0 aromatic carbocycles. The molecule has 0 unspecified atom stereocenters. The van der Waals surface area contributed by atoms with E-state index in [9.17, 15) is 0 Å². The predicted molar refractivity (Wildman–Crippen MR) is 78.4 cm³/mol. The van der Waals surface area contributed by atoms with Gasteiger partial charge in [-0.15, -0.1) is 11.3 Å². The molecule has 0 bridgehead atoms. The van der Waals surface area contributed by atoms with Gasteiger partial charge < -0.3 is 10.6 Å². The van der Waals surface area contributed by atoms with Crippen molar-refractivity contribution in [3.63, 3.8) is 0 Å². The standard InChI is InChI=1S/C12H16N4S2/c1-8-14-9(7-17-8)10-11(13)15-18-12(10)16-5-3-2-4-6-16/h7H,2-6H2,1H3,(H2,13,15). The van der Waals surface area contributed by atoms with Gasteiger partial charge in [0.2, 0.25) is 0 Å². The third kappa shape index (κ3) is 2.10. The quantitative estimate of drug-likeness (QED) is 0.918. The fourth-order valence-corrected chi connectivity index (χ4v) is 3.80. The molecule has 18 heavy (non-hydrogen) atoms. The van der Waals surface area contributed by atoms with Gasteiger partial charge in [-0.05, 0) is 37.7 Å². The lowest BCUT2D eigenvalue weighted by Gasteiger charge is -2.27. The van der Waals surface area contributed by atoms with E-state index in [2.05, 4.69) is 19.6 Å². The summed E-state index contributed by atoms with van der Waals surface area (Å²) in [5, 5.41) is 4.33. The van der Waals surface area contributed by atoms with Crippen molar-refractivity contribution in [3.8, 4) is 11.3 Å². The lowest BCUT2D eigenvalue weighted by molar-refractivity contribution is 0.581. The number of nitrogens with two attached hydrogens (primary N) is 1. The van der Waals surface area contributed by atoms with E-state index in [-0.39, 0.29) is 0 Å². The van der Waals surface area contributed by atoms with Gasteiger partial charge in [0.25, 0.3) is 0 Å². The van der Waals surface area contributed by atoms with Crippen LogP contribution >= 0.6 is 22.9 Å². The molecule has 2 N–H and O–H groups in total. The van der Waals surface area contributed by atoms with E-state index in [1.54, 1.807) is 11.3 Å². The van der Waals surface area contributed by atoms with Crippen molar-refractivity contribution in [2.24, 2.45) is 0 Å². The number of nitrogen functional groups attached to an aromatic ring is 1. The van der Waals surface area contributed by atoms with Crippen molar-refractivity contribution in [3.05, 3.63) is 10.4 Å². The van der Waals surface area contributed by atoms with Gasteiger partial charge in [0.05, 0.1) is 16.3 Å². The third-order valence-corrected chi connectivity index (χ3v) is 4.92.